The van der Waals surface area contributed by atoms with Gasteiger partial charge in [0.25, 0.3) is 0 Å². The maximum atomic E-state index is 12.0. The summed E-state index contributed by atoms with van der Waals surface area (Å²) in [6.45, 7) is 4.76. The molecule has 1 fully saturated rings. The fourth-order valence-corrected chi connectivity index (χ4v) is 3.01. The molecule has 0 spiro atoms. The molecule has 0 bridgehead atoms. The van der Waals surface area contributed by atoms with Gasteiger partial charge in [0.15, 0.2) is 5.82 Å². The van der Waals surface area contributed by atoms with Crippen LogP contribution in [0.2, 0.25) is 0 Å². The van der Waals surface area contributed by atoms with Crippen molar-refractivity contribution >= 4 is 17.2 Å². The number of H-pyrrole nitrogens is 1. The van der Waals surface area contributed by atoms with Gasteiger partial charge in [-0.2, -0.15) is 5.10 Å². The van der Waals surface area contributed by atoms with Crippen LogP contribution < -0.4 is 5.32 Å². The van der Waals surface area contributed by atoms with Crippen LogP contribution in [0.5, 0.6) is 0 Å². The Kier molecular flexibility index (Phi) is 4.81. The molecule has 3 heterocycles. The molecule has 1 saturated heterocycles. The summed E-state index contributed by atoms with van der Waals surface area (Å²) in [6, 6.07) is 4.00. The predicted octanol–water partition coefficient (Wildman–Crippen LogP) is 0.864. The third-order valence-corrected chi connectivity index (χ3v) is 4.34. The summed E-state index contributed by atoms with van der Waals surface area (Å²) in [7, 11) is 0. The summed E-state index contributed by atoms with van der Waals surface area (Å²) < 4.78 is 5.69. The Balaban J connectivity index is 1.48. The minimum atomic E-state index is -0.177. The second-order valence-electron chi connectivity index (χ2n) is 5.23. The number of ether oxygens (including phenoxy) is 1. The molecule has 1 unspecified atom stereocenters. The number of hydrogen-bond acceptors (Lipinski definition) is 6. The molecule has 8 heteroatoms. The number of rotatable bonds is 5. The van der Waals surface area contributed by atoms with Crippen LogP contribution in [-0.4, -0.2) is 52.2 Å². The lowest BCUT2D eigenvalue weighted by atomic mass is 10.2. The summed E-state index contributed by atoms with van der Waals surface area (Å²) in [6.07, 6.45) is -0.177. The molecule has 0 saturated carbocycles. The quantitative estimate of drug-likeness (QED) is 0.853. The van der Waals surface area contributed by atoms with E-state index in [1.165, 1.54) is 0 Å². The van der Waals surface area contributed by atoms with Gasteiger partial charge in [-0.3, -0.25) is 14.8 Å². The Bertz CT molecular complexity index is 613. The van der Waals surface area contributed by atoms with E-state index in [0.29, 0.717) is 32.1 Å². The SMILES string of the molecule is Cc1nc(C2CN(CC(=O)NCc3cccs3)CCO2)n[nH]1. The van der Waals surface area contributed by atoms with Gasteiger partial charge in [0, 0.05) is 18.0 Å². The van der Waals surface area contributed by atoms with Gasteiger partial charge in [-0.1, -0.05) is 6.07 Å². The normalized spacial score (nSPS) is 19.2. The average molecular weight is 321 g/mol. The van der Waals surface area contributed by atoms with Crippen molar-refractivity contribution < 1.29 is 9.53 Å². The van der Waals surface area contributed by atoms with Crippen molar-refractivity contribution in [3.05, 3.63) is 34.0 Å². The van der Waals surface area contributed by atoms with Gasteiger partial charge >= 0.3 is 0 Å². The van der Waals surface area contributed by atoms with Crippen LogP contribution in [0.1, 0.15) is 22.6 Å². The highest BCUT2D eigenvalue weighted by Gasteiger charge is 2.26. The van der Waals surface area contributed by atoms with Gasteiger partial charge in [-0.15, -0.1) is 11.3 Å². The smallest absolute Gasteiger partial charge is 0.234 e. The lowest BCUT2D eigenvalue weighted by Crippen LogP contribution is -2.44. The van der Waals surface area contributed by atoms with Crippen molar-refractivity contribution in [3.63, 3.8) is 0 Å². The molecule has 1 aliphatic heterocycles. The standard InChI is InChI=1S/C14H19N5O2S/c1-10-16-14(18-17-10)12-8-19(4-5-21-12)9-13(20)15-7-11-3-2-6-22-11/h2-3,6,12H,4-5,7-9H2,1H3,(H,15,20)(H,16,17,18). The summed E-state index contributed by atoms with van der Waals surface area (Å²) >= 11 is 1.64. The number of morpholine rings is 1. The fraction of sp³-hybridized carbons (Fsp3) is 0.500. The zero-order valence-corrected chi connectivity index (χ0v) is 13.2. The highest BCUT2D eigenvalue weighted by Crippen LogP contribution is 2.18. The van der Waals surface area contributed by atoms with Gasteiger partial charge in [0.2, 0.25) is 5.91 Å². The molecule has 0 radical (unpaired) electrons. The number of thiophene rings is 1. The Hall–Kier alpha value is -1.77. The van der Waals surface area contributed by atoms with Crippen LogP contribution in [0, 0.1) is 6.92 Å². The molecular formula is C14H19N5O2S. The first-order valence-electron chi connectivity index (χ1n) is 7.22. The number of aromatic nitrogens is 3. The number of aryl methyl sites for hydroxylation is 1. The van der Waals surface area contributed by atoms with E-state index in [4.69, 9.17) is 4.74 Å². The molecule has 0 aromatic carbocycles. The van der Waals surface area contributed by atoms with Crippen molar-refractivity contribution in [1.82, 2.24) is 25.4 Å². The summed E-state index contributed by atoms with van der Waals surface area (Å²) in [5, 5.41) is 11.9. The molecule has 118 valence electrons. The second-order valence-corrected chi connectivity index (χ2v) is 6.26. The number of nitrogens with zero attached hydrogens (tertiary/aromatic N) is 3. The van der Waals surface area contributed by atoms with Gasteiger partial charge < -0.3 is 10.1 Å². The van der Waals surface area contributed by atoms with Gasteiger partial charge in [-0.25, -0.2) is 4.98 Å². The molecule has 1 aliphatic rings. The monoisotopic (exact) mass is 321 g/mol. The maximum Gasteiger partial charge on any atom is 0.234 e. The van der Waals surface area contributed by atoms with E-state index in [-0.39, 0.29) is 12.0 Å². The second kappa shape index (κ2) is 6.99. The van der Waals surface area contributed by atoms with Crippen molar-refractivity contribution in [2.75, 3.05) is 26.2 Å². The van der Waals surface area contributed by atoms with Gasteiger partial charge in [-0.05, 0) is 18.4 Å². The van der Waals surface area contributed by atoms with Gasteiger partial charge in [0.1, 0.15) is 11.9 Å². The number of aromatic amines is 1. The van der Waals surface area contributed by atoms with E-state index in [1.807, 2.05) is 24.4 Å². The molecule has 22 heavy (non-hydrogen) atoms. The first-order chi connectivity index (χ1) is 10.7. The highest BCUT2D eigenvalue weighted by molar-refractivity contribution is 7.09. The number of nitrogens with one attached hydrogen (secondary N) is 2. The highest BCUT2D eigenvalue weighted by atomic mass is 32.1. The van der Waals surface area contributed by atoms with Crippen LogP contribution in [0.3, 0.4) is 0 Å². The maximum absolute atomic E-state index is 12.0. The summed E-state index contributed by atoms with van der Waals surface area (Å²) in [5.74, 6) is 1.45. The summed E-state index contributed by atoms with van der Waals surface area (Å²) in [5.41, 5.74) is 0. The van der Waals surface area contributed by atoms with Crippen molar-refractivity contribution in [1.29, 1.82) is 0 Å². The predicted molar refractivity (Wildman–Crippen MR) is 82.4 cm³/mol. The minimum absolute atomic E-state index is 0.0280. The number of carbonyl (C=O) groups excluding carboxylic acids is 1. The van der Waals surface area contributed by atoms with E-state index in [1.54, 1.807) is 11.3 Å². The lowest BCUT2D eigenvalue weighted by molar-refractivity contribution is -0.124. The molecular weight excluding hydrogens is 302 g/mol. The topological polar surface area (TPSA) is 83.1 Å². The lowest BCUT2D eigenvalue weighted by Gasteiger charge is -2.30. The number of amides is 1. The molecule has 1 amide bonds. The molecule has 2 aromatic heterocycles. The number of carbonyl (C=O) groups is 1. The molecule has 7 nitrogen and oxygen atoms in total. The average Bonchev–Trinajstić information content (AvgIpc) is 3.17. The van der Waals surface area contributed by atoms with E-state index in [9.17, 15) is 4.79 Å². The van der Waals surface area contributed by atoms with Crippen LogP contribution >= 0.6 is 11.3 Å². The van der Waals surface area contributed by atoms with E-state index in [2.05, 4.69) is 25.4 Å². The van der Waals surface area contributed by atoms with E-state index in [0.717, 1.165) is 17.2 Å². The largest absolute Gasteiger partial charge is 0.367 e. The molecule has 1 atom stereocenters. The van der Waals surface area contributed by atoms with E-state index < -0.39 is 0 Å². The molecule has 2 aromatic rings. The van der Waals surface area contributed by atoms with Crippen LogP contribution in [0.4, 0.5) is 0 Å². The van der Waals surface area contributed by atoms with Crippen LogP contribution in [0.25, 0.3) is 0 Å². The minimum Gasteiger partial charge on any atom is -0.367 e. The Morgan fingerprint density at radius 3 is 3.27 bits per heavy atom. The van der Waals surface area contributed by atoms with Gasteiger partial charge in [0.05, 0.1) is 19.7 Å². The zero-order chi connectivity index (χ0) is 15.4. The first-order valence-corrected chi connectivity index (χ1v) is 8.10. The summed E-state index contributed by atoms with van der Waals surface area (Å²) in [4.78, 5) is 19.6. The third kappa shape index (κ3) is 3.90. The Labute approximate surface area is 132 Å². The van der Waals surface area contributed by atoms with Crippen molar-refractivity contribution in [3.8, 4) is 0 Å². The van der Waals surface area contributed by atoms with Crippen molar-refractivity contribution in [2.24, 2.45) is 0 Å². The Morgan fingerprint density at radius 1 is 1.64 bits per heavy atom. The first kappa shape index (κ1) is 15.1. The fourth-order valence-electron chi connectivity index (χ4n) is 2.36. The third-order valence-electron chi connectivity index (χ3n) is 3.46. The van der Waals surface area contributed by atoms with E-state index >= 15 is 0 Å². The van der Waals surface area contributed by atoms with Crippen molar-refractivity contribution in [2.45, 2.75) is 19.6 Å². The molecule has 3 rings (SSSR count). The molecule has 2 N–H and O–H groups in total. The zero-order valence-electron chi connectivity index (χ0n) is 12.4. The van der Waals surface area contributed by atoms with Crippen LogP contribution in [0.15, 0.2) is 17.5 Å². The number of hydrogen-bond donors (Lipinski definition) is 2. The van der Waals surface area contributed by atoms with Crippen LogP contribution in [-0.2, 0) is 16.1 Å². The Morgan fingerprint density at radius 2 is 2.55 bits per heavy atom. The molecule has 0 aliphatic carbocycles.